The molecule has 1 nitrogen and oxygen atoms in total. The first-order valence-corrected chi connectivity index (χ1v) is 8.60. The Balaban J connectivity index is 1.98. The molecule has 0 aromatic heterocycles. The molecule has 1 aliphatic rings. The van der Waals surface area contributed by atoms with Gasteiger partial charge in [0.15, 0.2) is 0 Å². The Bertz CT molecular complexity index is 466. The van der Waals surface area contributed by atoms with Crippen molar-refractivity contribution in [3.05, 3.63) is 35.1 Å². The van der Waals surface area contributed by atoms with Crippen molar-refractivity contribution in [3.63, 3.8) is 0 Å². The minimum atomic E-state index is -0.155. The Morgan fingerprint density at radius 2 is 2.20 bits per heavy atom. The molecular weight excluding hydrogens is 269 g/mol. The van der Waals surface area contributed by atoms with Crippen LogP contribution >= 0.6 is 11.9 Å². The third kappa shape index (κ3) is 4.93. The van der Waals surface area contributed by atoms with Crippen LogP contribution in [0.4, 0.5) is 4.39 Å². The third-order valence-corrected chi connectivity index (χ3v) is 4.62. The van der Waals surface area contributed by atoms with Crippen LogP contribution in [-0.2, 0) is 6.42 Å². The Kier molecular flexibility index (Phi) is 6.08. The van der Waals surface area contributed by atoms with Gasteiger partial charge < -0.3 is 0 Å². The van der Waals surface area contributed by atoms with Crippen molar-refractivity contribution in [1.29, 1.82) is 0 Å². The monoisotopic (exact) mass is 293 g/mol. The Morgan fingerprint density at radius 3 is 2.90 bits per heavy atom. The van der Waals surface area contributed by atoms with Crippen LogP contribution in [0.1, 0.15) is 57.1 Å². The first kappa shape index (κ1) is 15.6. The molecular formula is C17H24FNS. The van der Waals surface area contributed by atoms with Gasteiger partial charge in [0, 0.05) is 11.3 Å². The van der Waals surface area contributed by atoms with E-state index in [1.54, 1.807) is 18.0 Å². The molecule has 1 aliphatic carbocycles. The summed E-state index contributed by atoms with van der Waals surface area (Å²) in [5.41, 5.74) is 2.71. The van der Waals surface area contributed by atoms with Gasteiger partial charge in [-0.1, -0.05) is 32.3 Å². The molecule has 1 saturated carbocycles. The summed E-state index contributed by atoms with van der Waals surface area (Å²) in [4.78, 5) is 0. The zero-order chi connectivity index (χ0) is 14.4. The maximum Gasteiger partial charge on any atom is 0.132 e. The molecule has 1 fully saturated rings. The van der Waals surface area contributed by atoms with Crippen LogP contribution in [0.3, 0.4) is 0 Å². The van der Waals surface area contributed by atoms with Gasteiger partial charge in [0.2, 0.25) is 0 Å². The van der Waals surface area contributed by atoms with Crippen molar-refractivity contribution in [1.82, 2.24) is 0 Å². The molecule has 0 bridgehead atoms. The molecule has 1 aromatic carbocycles. The standard InChI is InChI=1S/C17H24FNS/c1-3-4-11-20-19-13(2)16-12-15(9-10-17(16)18)8-7-14-5-6-14/h9-10,12,14H,3-8,11H2,1-2H3/b19-13+. The van der Waals surface area contributed by atoms with Crippen molar-refractivity contribution in [3.8, 4) is 0 Å². The van der Waals surface area contributed by atoms with E-state index in [-0.39, 0.29) is 5.82 Å². The number of hydrogen-bond acceptors (Lipinski definition) is 2. The van der Waals surface area contributed by atoms with Crippen molar-refractivity contribution >= 4 is 17.7 Å². The molecule has 0 saturated heterocycles. The summed E-state index contributed by atoms with van der Waals surface area (Å²) in [6.07, 6.45) is 7.39. The number of benzene rings is 1. The Morgan fingerprint density at radius 1 is 1.40 bits per heavy atom. The molecule has 0 atom stereocenters. The predicted molar refractivity (Wildman–Crippen MR) is 87.0 cm³/mol. The van der Waals surface area contributed by atoms with Crippen LogP contribution in [0.15, 0.2) is 22.6 Å². The van der Waals surface area contributed by atoms with Crippen molar-refractivity contribution in [2.75, 3.05) is 5.75 Å². The molecule has 3 heteroatoms. The zero-order valence-electron chi connectivity index (χ0n) is 12.5. The Hall–Kier alpha value is -0.830. The SMILES string of the molecule is CCCCS/N=C(\C)c1cc(CCC2CC2)ccc1F. The predicted octanol–water partition coefficient (Wildman–Crippen LogP) is 5.43. The van der Waals surface area contributed by atoms with Gasteiger partial charge in [-0.2, -0.15) is 0 Å². The van der Waals surface area contributed by atoms with Crippen LogP contribution in [0.5, 0.6) is 0 Å². The van der Waals surface area contributed by atoms with Gasteiger partial charge in [0.25, 0.3) is 0 Å². The topological polar surface area (TPSA) is 12.4 Å². The molecule has 0 N–H and O–H groups in total. The van der Waals surface area contributed by atoms with Crippen LogP contribution < -0.4 is 0 Å². The maximum atomic E-state index is 13.9. The lowest BCUT2D eigenvalue weighted by Gasteiger charge is -2.07. The average Bonchev–Trinajstić information content (AvgIpc) is 3.26. The molecule has 1 aromatic rings. The first-order valence-electron chi connectivity index (χ1n) is 7.66. The maximum absolute atomic E-state index is 13.9. The van der Waals surface area contributed by atoms with Crippen LogP contribution in [0.2, 0.25) is 0 Å². The highest BCUT2D eigenvalue weighted by atomic mass is 32.2. The van der Waals surface area contributed by atoms with Crippen molar-refractivity contribution in [2.45, 2.75) is 52.4 Å². The number of halogens is 1. The summed E-state index contributed by atoms with van der Waals surface area (Å²) in [6.45, 7) is 4.07. The number of rotatable bonds is 8. The van der Waals surface area contributed by atoms with E-state index in [1.807, 2.05) is 19.1 Å². The van der Waals surface area contributed by atoms with Gasteiger partial charge in [-0.25, -0.2) is 8.79 Å². The van der Waals surface area contributed by atoms with E-state index in [1.165, 1.54) is 31.2 Å². The summed E-state index contributed by atoms with van der Waals surface area (Å²) in [5, 5.41) is 0. The van der Waals surface area contributed by atoms with Gasteiger partial charge in [-0.15, -0.1) is 0 Å². The fraction of sp³-hybridized carbons (Fsp3) is 0.588. The lowest BCUT2D eigenvalue weighted by Crippen LogP contribution is -2.00. The minimum absolute atomic E-state index is 0.155. The van der Waals surface area contributed by atoms with Gasteiger partial charge in [0.05, 0.1) is 5.71 Å². The smallest absolute Gasteiger partial charge is 0.132 e. The second-order valence-electron chi connectivity index (χ2n) is 5.66. The molecule has 2 rings (SSSR count). The minimum Gasteiger partial charge on any atom is -0.221 e. The molecule has 0 radical (unpaired) electrons. The summed E-state index contributed by atoms with van der Waals surface area (Å²) >= 11 is 1.54. The number of hydrogen-bond donors (Lipinski definition) is 0. The van der Waals surface area contributed by atoms with E-state index >= 15 is 0 Å². The summed E-state index contributed by atoms with van der Waals surface area (Å²) in [6, 6.07) is 5.49. The second-order valence-corrected chi connectivity index (χ2v) is 6.51. The van der Waals surface area contributed by atoms with Crippen molar-refractivity contribution in [2.24, 2.45) is 10.3 Å². The van der Waals surface area contributed by atoms with Crippen LogP contribution in [0, 0.1) is 11.7 Å². The normalized spacial score (nSPS) is 15.7. The molecule has 110 valence electrons. The number of aryl methyl sites for hydroxylation is 1. The third-order valence-electron chi connectivity index (χ3n) is 3.75. The van der Waals surface area contributed by atoms with Crippen molar-refractivity contribution < 1.29 is 4.39 Å². The molecule has 0 amide bonds. The lowest BCUT2D eigenvalue weighted by atomic mass is 10.0. The van der Waals surface area contributed by atoms with Gasteiger partial charge in [0.1, 0.15) is 5.82 Å². The average molecular weight is 293 g/mol. The van der Waals surface area contributed by atoms with E-state index in [9.17, 15) is 4.39 Å². The van der Waals surface area contributed by atoms with Gasteiger partial charge >= 0.3 is 0 Å². The number of unbranched alkanes of at least 4 members (excludes halogenated alkanes) is 1. The van der Waals surface area contributed by atoms with E-state index in [0.29, 0.717) is 5.56 Å². The first-order chi connectivity index (χ1) is 9.70. The van der Waals surface area contributed by atoms with E-state index in [4.69, 9.17) is 0 Å². The second kappa shape index (κ2) is 7.82. The van der Waals surface area contributed by atoms with E-state index in [0.717, 1.165) is 30.2 Å². The zero-order valence-corrected chi connectivity index (χ0v) is 13.3. The highest BCUT2D eigenvalue weighted by Crippen LogP contribution is 2.33. The van der Waals surface area contributed by atoms with Gasteiger partial charge in [-0.3, -0.25) is 0 Å². The molecule has 0 spiro atoms. The molecule has 0 heterocycles. The van der Waals surface area contributed by atoms with Crippen LogP contribution in [0.25, 0.3) is 0 Å². The highest BCUT2D eigenvalue weighted by molar-refractivity contribution is 7.98. The summed E-state index contributed by atoms with van der Waals surface area (Å²) < 4.78 is 18.4. The summed E-state index contributed by atoms with van der Waals surface area (Å²) in [5.74, 6) is 1.77. The number of nitrogens with zero attached hydrogens (tertiary/aromatic N) is 1. The van der Waals surface area contributed by atoms with E-state index in [2.05, 4.69) is 11.3 Å². The quantitative estimate of drug-likeness (QED) is 0.354. The fourth-order valence-electron chi connectivity index (χ4n) is 2.18. The van der Waals surface area contributed by atoms with Crippen LogP contribution in [-0.4, -0.2) is 11.5 Å². The molecule has 0 unspecified atom stereocenters. The molecule has 20 heavy (non-hydrogen) atoms. The molecule has 0 aliphatic heterocycles. The highest BCUT2D eigenvalue weighted by Gasteiger charge is 2.20. The van der Waals surface area contributed by atoms with Gasteiger partial charge in [-0.05, 0) is 61.7 Å². The summed E-state index contributed by atoms with van der Waals surface area (Å²) in [7, 11) is 0. The fourth-order valence-corrected chi connectivity index (χ4v) is 2.98. The largest absolute Gasteiger partial charge is 0.221 e. The van der Waals surface area contributed by atoms with E-state index < -0.39 is 0 Å². The lowest BCUT2D eigenvalue weighted by molar-refractivity contribution is 0.623. The Labute approximate surface area is 126 Å².